The second-order valence-corrected chi connectivity index (χ2v) is 1.90. The summed E-state index contributed by atoms with van der Waals surface area (Å²) in [5.74, 6) is 0. The highest BCUT2D eigenvalue weighted by Crippen LogP contribution is 1.85. The van der Waals surface area contributed by atoms with Crippen LogP contribution in [0.1, 0.15) is 0 Å². The fraction of sp³-hybridized carbons (Fsp3) is 0.167. The number of aromatic nitrogens is 1. The minimum absolute atomic E-state index is 0.433. The first-order chi connectivity index (χ1) is 4.79. The van der Waals surface area contributed by atoms with Gasteiger partial charge in [-0.05, 0) is 12.1 Å². The first-order valence-corrected chi connectivity index (χ1v) is 2.93. The summed E-state index contributed by atoms with van der Waals surface area (Å²) in [5.41, 5.74) is 4.85. The average molecular weight is 139 g/mol. The van der Waals surface area contributed by atoms with Crippen molar-refractivity contribution in [1.29, 1.82) is 0 Å². The summed E-state index contributed by atoms with van der Waals surface area (Å²) in [6.07, 6.45) is 3.69. The number of urea groups is 1. The van der Waals surface area contributed by atoms with Crippen molar-refractivity contribution in [2.24, 2.45) is 5.73 Å². The zero-order valence-corrected chi connectivity index (χ0v) is 5.45. The second kappa shape index (κ2) is 2.91. The van der Waals surface area contributed by atoms with Crippen molar-refractivity contribution in [3.63, 3.8) is 0 Å². The number of rotatable bonds is 2. The second-order valence-electron chi connectivity index (χ2n) is 1.90. The van der Waals surface area contributed by atoms with Gasteiger partial charge in [0.25, 0.3) is 0 Å². The minimum atomic E-state index is -0.506. The summed E-state index contributed by atoms with van der Waals surface area (Å²) in [6.45, 7) is 0.433. The predicted molar refractivity (Wildman–Crippen MR) is 37.2 cm³/mol. The zero-order chi connectivity index (χ0) is 7.40. The van der Waals surface area contributed by atoms with Crippen molar-refractivity contribution >= 4 is 6.03 Å². The number of primary amides is 1. The van der Waals surface area contributed by atoms with Gasteiger partial charge in [0.05, 0.1) is 6.67 Å². The van der Waals surface area contributed by atoms with Gasteiger partial charge < -0.3 is 15.6 Å². The van der Waals surface area contributed by atoms with Crippen LogP contribution in [0.25, 0.3) is 0 Å². The molecule has 0 atom stereocenters. The lowest BCUT2D eigenvalue weighted by molar-refractivity contribution is 0.246. The number of hydrogen-bond donors (Lipinski definition) is 2. The Morgan fingerprint density at radius 3 is 2.60 bits per heavy atom. The molecular formula is C6H9N3O. The number of carbonyl (C=O) groups excluding carboxylic acids is 1. The molecule has 0 unspecified atom stereocenters. The third-order valence-electron chi connectivity index (χ3n) is 1.10. The topological polar surface area (TPSA) is 60.1 Å². The van der Waals surface area contributed by atoms with E-state index in [9.17, 15) is 4.79 Å². The van der Waals surface area contributed by atoms with Gasteiger partial charge in [-0.15, -0.1) is 0 Å². The quantitative estimate of drug-likeness (QED) is 0.600. The van der Waals surface area contributed by atoms with Crippen LogP contribution in [0.2, 0.25) is 0 Å². The molecule has 0 saturated carbocycles. The van der Waals surface area contributed by atoms with Gasteiger partial charge in [0.2, 0.25) is 0 Å². The van der Waals surface area contributed by atoms with Crippen LogP contribution in [-0.4, -0.2) is 10.6 Å². The van der Waals surface area contributed by atoms with E-state index < -0.39 is 6.03 Å². The van der Waals surface area contributed by atoms with Gasteiger partial charge in [0.1, 0.15) is 0 Å². The van der Waals surface area contributed by atoms with Crippen molar-refractivity contribution in [3.8, 4) is 0 Å². The van der Waals surface area contributed by atoms with Gasteiger partial charge in [0.15, 0.2) is 0 Å². The van der Waals surface area contributed by atoms with Crippen molar-refractivity contribution in [2.45, 2.75) is 6.67 Å². The monoisotopic (exact) mass is 139 g/mol. The molecule has 0 aliphatic rings. The molecule has 10 heavy (non-hydrogen) atoms. The number of carbonyl (C=O) groups is 1. The van der Waals surface area contributed by atoms with Gasteiger partial charge in [-0.1, -0.05) is 0 Å². The molecule has 2 amide bonds. The molecule has 0 aliphatic heterocycles. The molecule has 54 valence electrons. The summed E-state index contributed by atoms with van der Waals surface area (Å²) in [7, 11) is 0. The Morgan fingerprint density at radius 1 is 1.50 bits per heavy atom. The molecule has 1 aromatic heterocycles. The number of amides is 2. The molecule has 3 N–H and O–H groups in total. The minimum Gasteiger partial charge on any atom is -0.352 e. The highest BCUT2D eigenvalue weighted by Gasteiger charge is 1.89. The third-order valence-corrected chi connectivity index (χ3v) is 1.10. The summed E-state index contributed by atoms with van der Waals surface area (Å²) >= 11 is 0. The lowest BCUT2D eigenvalue weighted by atomic mass is 10.7. The Kier molecular flexibility index (Phi) is 1.94. The van der Waals surface area contributed by atoms with Crippen molar-refractivity contribution < 1.29 is 4.79 Å². The first kappa shape index (κ1) is 6.67. The van der Waals surface area contributed by atoms with Crippen LogP contribution in [0.4, 0.5) is 4.79 Å². The Hall–Kier alpha value is -1.45. The summed E-state index contributed by atoms with van der Waals surface area (Å²) in [4.78, 5) is 10.2. The van der Waals surface area contributed by atoms with Crippen LogP contribution >= 0.6 is 0 Å². The molecular weight excluding hydrogens is 130 g/mol. The van der Waals surface area contributed by atoms with Crippen LogP contribution in [0.15, 0.2) is 24.5 Å². The Labute approximate surface area is 58.6 Å². The van der Waals surface area contributed by atoms with E-state index >= 15 is 0 Å². The van der Waals surface area contributed by atoms with Gasteiger partial charge in [-0.2, -0.15) is 0 Å². The van der Waals surface area contributed by atoms with Crippen LogP contribution in [0.5, 0.6) is 0 Å². The van der Waals surface area contributed by atoms with E-state index in [1.54, 1.807) is 0 Å². The Balaban J connectivity index is 2.35. The molecule has 1 heterocycles. The Morgan fingerprint density at radius 2 is 2.10 bits per heavy atom. The number of hydrogen-bond acceptors (Lipinski definition) is 1. The third kappa shape index (κ3) is 1.81. The SMILES string of the molecule is NC(=O)NCn1cccc1. The van der Waals surface area contributed by atoms with E-state index in [4.69, 9.17) is 5.73 Å². The van der Waals surface area contributed by atoms with E-state index in [0.717, 1.165) is 0 Å². The largest absolute Gasteiger partial charge is 0.352 e. The summed E-state index contributed by atoms with van der Waals surface area (Å²) in [6, 6.07) is 3.25. The van der Waals surface area contributed by atoms with E-state index in [2.05, 4.69) is 5.32 Å². The maximum Gasteiger partial charge on any atom is 0.313 e. The summed E-state index contributed by atoms with van der Waals surface area (Å²) < 4.78 is 1.81. The molecule has 0 bridgehead atoms. The summed E-state index contributed by atoms with van der Waals surface area (Å²) in [5, 5.41) is 2.45. The molecule has 0 radical (unpaired) electrons. The molecule has 1 rings (SSSR count). The van der Waals surface area contributed by atoms with E-state index in [-0.39, 0.29) is 0 Å². The lowest BCUT2D eigenvalue weighted by Gasteiger charge is -2.01. The van der Waals surface area contributed by atoms with Crippen molar-refractivity contribution in [1.82, 2.24) is 9.88 Å². The molecule has 1 aromatic rings. The van der Waals surface area contributed by atoms with Gasteiger partial charge in [-0.25, -0.2) is 4.79 Å². The standard InChI is InChI=1S/C6H9N3O/c7-6(10)8-5-9-3-1-2-4-9/h1-4H,5H2,(H3,7,8,10). The van der Waals surface area contributed by atoms with Crippen molar-refractivity contribution in [3.05, 3.63) is 24.5 Å². The lowest BCUT2D eigenvalue weighted by Crippen LogP contribution is -2.30. The van der Waals surface area contributed by atoms with Crippen molar-refractivity contribution in [2.75, 3.05) is 0 Å². The van der Waals surface area contributed by atoms with Crippen LogP contribution < -0.4 is 11.1 Å². The molecule has 0 spiro atoms. The number of nitrogens with one attached hydrogen (secondary N) is 1. The molecule has 4 heteroatoms. The smallest absolute Gasteiger partial charge is 0.313 e. The Bertz CT molecular complexity index is 205. The van der Waals surface area contributed by atoms with Gasteiger partial charge in [0, 0.05) is 12.4 Å². The van der Waals surface area contributed by atoms with Crippen LogP contribution in [0.3, 0.4) is 0 Å². The van der Waals surface area contributed by atoms with E-state index in [0.29, 0.717) is 6.67 Å². The molecule has 0 aliphatic carbocycles. The fourth-order valence-electron chi connectivity index (χ4n) is 0.645. The van der Waals surface area contributed by atoms with Crippen LogP contribution in [-0.2, 0) is 6.67 Å². The van der Waals surface area contributed by atoms with Gasteiger partial charge >= 0.3 is 6.03 Å². The van der Waals surface area contributed by atoms with E-state index in [1.165, 1.54) is 0 Å². The van der Waals surface area contributed by atoms with E-state index in [1.807, 2.05) is 29.1 Å². The molecule has 4 nitrogen and oxygen atoms in total. The maximum absolute atomic E-state index is 10.2. The first-order valence-electron chi connectivity index (χ1n) is 2.93. The molecule has 0 fully saturated rings. The fourth-order valence-corrected chi connectivity index (χ4v) is 0.645. The normalized spacial score (nSPS) is 9.20. The van der Waals surface area contributed by atoms with Crippen LogP contribution in [0, 0.1) is 0 Å². The average Bonchev–Trinajstić information content (AvgIpc) is 2.34. The number of nitrogens with zero attached hydrogens (tertiary/aromatic N) is 1. The predicted octanol–water partition coefficient (Wildman–Crippen LogP) is 0.114. The van der Waals surface area contributed by atoms with Gasteiger partial charge in [-0.3, -0.25) is 0 Å². The number of nitrogens with two attached hydrogens (primary N) is 1. The highest BCUT2D eigenvalue weighted by atomic mass is 16.2. The maximum atomic E-state index is 10.2. The molecule has 0 aromatic carbocycles. The highest BCUT2D eigenvalue weighted by molar-refractivity contribution is 5.71. The molecule has 0 saturated heterocycles. The zero-order valence-electron chi connectivity index (χ0n) is 5.45.